The third-order valence-corrected chi connectivity index (χ3v) is 5.66. The van der Waals surface area contributed by atoms with Crippen molar-refractivity contribution in [3.05, 3.63) is 94.5 Å². The van der Waals surface area contributed by atoms with Gasteiger partial charge in [-0.05, 0) is 53.1 Å². The fourth-order valence-corrected chi connectivity index (χ4v) is 3.95. The molecule has 7 heteroatoms. The van der Waals surface area contributed by atoms with Gasteiger partial charge in [-0.2, -0.15) is 0 Å². The first-order valence-corrected chi connectivity index (χ1v) is 10.4. The Bertz CT molecular complexity index is 1310. The van der Waals surface area contributed by atoms with Crippen LogP contribution in [-0.2, 0) is 11.3 Å². The Kier molecular flexibility index (Phi) is 5.14. The zero-order valence-corrected chi connectivity index (χ0v) is 17.8. The topological polar surface area (TPSA) is 84.9 Å². The number of rotatable bonds is 4. The lowest BCUT2D eigenvalue weighted by molar-refractivity contribution is -0.123. The molecular formula is C26H20N2O5. The number of carbonyl (C=O) groups excluding carboxylic acids is 3. The summed E-state index contributed by atoms with van der Waals surface area (Å²) in [5, 5.41) is 2.58. The molecule has 0 bridgehead atoms. The standard InChI is InChI=1S/C26H20N2O5/c1-27-24(29)18-9-6-16(7-10-18)12-21-19-4-2-3-5-20(19)25(30)28(26(21)31)14-17-8-11-22-23(13-17)33-15-32-22/h2-13H,14-15H2,1H3,(H,27,29)/b21-12+. The number of nitrogens with zero attached hydrogens (tertiary/aromatic N) is 1. The number of nitrogens with one attached hydrogen (secondary N) is 1. The van der Waals surface area contributed by atoms with Crippen molar-refractivity contribution in [3.63, 3.8) is 0 Å². The van der Waals surface area contributed by atoms with E-state index in [1.807, 2.05) is 6.07 Å². The van der Waals surface area contributed by atoms with Crippen LogP contribution in [0.2, 0.25) is 0 Å². The minimum Gasteiger partial charge on any atom is -0.454 e. The molecule has 2 heterocycles. The van der Waals surface area contributed by atoms with Crippen molar-refractivity contribution in [2.75, 3.05) is 13.8 Å². The fourth-order valence-electron chi connectivity index (χ4n) is 3.95. The number of amides is 3. The van der Waals surface area contributed by atoms with Gasteiger partial charge < -0.3 is 14.8 Å². The SMILES string of the molecule is CNC(=O)c1ccc(/C=C2/C(=O)N(Cc3ccc4c(c3)OCO4)C(=O)c3ccccc32)cc1. The molecule has 0 aliphatic carbocycles. The van der Waals surface area contributed by atoms with Crippen LogP contribution in [0.4, 0.5) is 0 Å². The van der Waals surface area contributed by atoms with Gasteiger partial charge >= 0.3 is 0 Å². The predicted molar refractivity (Wildman–Crippen MR) is 122 cm³/mol. The summed E-state index contributed by atoms with van der Waals surface area (Å²) in [5.41, 5.74) is 3.50. The molecule has 3 aromatic carbocycles. The van der Waals surface area contributed by atoms with Crippen molar-refractivity contribution >= 4 is 29.4 Å². The highest BCUT2D eigenvalue weighted by Crippen LogP contribution is 2.35. The largest absolute Gasteiger partial charge is 0.454 e. The first-order chi connectivity index (χ1) is 16.0. The van der Waals surface area contributed by atoms with E-state index in [4.69, 9.17) is 9.47 Å². The second-order valence-corrected chi connectivity index (χ2v) is 7.69. The van der Waals surface area contributed by atoms with Gasteiger partial charge in [-0.15, -0.1) is 0 Å². The van der Waals surface area contributed by atoms with Gasteiger partial charge in [0.1, 0.15) is 0 Å². The Morgan fingerprint density at radius 1 is 0.939 bits per heavy atom. The maximum absolute atomic E-state index is 13.5. The van der Waals surface area contributed by atoms with E-state index in [0.717, 1.165) is 11.1 Å². The van der Waals surface area contributed by atoms with Gasteiger partial charge in [0, 0.05) is 23.7 Å². The summed E-state index contributed by atoms with van der Waals surface area (Å²) in [6.07, 6.45) is 1.74. The molecule has 1 N–H and O–H groups in total. The predicted octanol–water partition coefficient (Wildman–Crippen LogP) is 3.50. The van der Waals surface area contributed by atoms with E-state index in [1.54, 1.807) is 73.8 Å². The number of hydrogen-bond donors (Lipinski definition) is 1. The normalized spacial score (nSPS) is 15.5. The van der Waals surface area contributed by atoms with Gasteiger partial charge in [0.15, 0.2) is 11.5 Å². The van der Waals surface area contributed by atoms with Gasteiger partial charge in [0.2, 0.25) is 6.79 Å². The average Bonchev–Trinajstić information content (AvgIpc) is 3.32. The zero-order chi connectivity index (χ0) is 22.9. The molecule has 0 atom stereocenters. The van der Waals surface area contributed by atoms with Crippen molar-refractivity contribution < 1.29 is 23.9 Å². The van der Waals surface area contributed by atoms with Crippen LogP contribution in [0.1, 0.15) is 37.4 Å². The van der Waals surface area contributed by atoms with Crippen LogP contribution in [0.25, 0.3) is 11.6 Å². The molecule has 0 aromatic heterocycles. The van der Waals surface area contributed by atoms with Crippen LogP contribution in [-0.4, -0.2) is 36.5 Å². The molecule has 2 aliphatic rings. The van der Waals surface area contributed by atoms with Crippen molar-refractivity contribution in [2.45, 2.75) is 6.54 Å². The van der Waals surface area contributed by atoms with Gasteiger partial charge in [-0.1, -0.05) is 36.4 Å². The highest BCUT2D eigenvalue weighted by molar-refractivity contribution is 6.33. The molecule has 0 radical (unpaired) electrons. The van der Waals surface area contributed by atoms with Crippen molar-refractivity contribution in [1.29, 1.82) is 0 Å². The van der Waals surface area contributed by atoms with E-state index < -0.39 is 0 Å². The van der Waals surface area contributed by atoms with Crippen molar-refractivity contribution in [2.24, 2.45) is 0 Å². The number of benzene rings is 3. The monoisotopic (exact) mass is 440 g/mol. The van der Waals surface area contributed by atoms with Crippen LogP contribution in [0.3, 0.4) is 0 Å². The number of carbonyl (C=O) groups is 3. The second-order valence-electron chi connectivity index (χ2n) is 7.69. The smallest absolute Gasteiger partial charge is 0.261 e. The molecule has 33 heavy (non-hydrogen) atoms. The Morgan fingerprint density at radius 2 is 1.67 bits per heavy atom. The van der Waals surface area contributed by atoms with Gasteiger partial charge in [-0.25, -0.2) is 0 Å². The lowest BCUT2D eigenvalue weighted by Crippen LogP contribution is -2.41. The molecule has 3 amide bonds. The van der Waals surface area contributed by atoms with Crippen LogP contribution in [0.5, 0.6) is 11.5 Å². The van der Waals surface area contributed by atoms with Crippen LogP contribution in [0.15, 0.2) is 66.7 Å². The minimum atomic E-state index is -0.383. The fraction of sp³-hybridized carbons (Fsp3) is 0.115. The molecule has 0 spiro atoms. The van der Waals surface area contributed by atoms with Crippen molar-refractivity contribution in [1.82, 2.24) is 10.2 Å². The van der Waals surface area contributed by atoms with Crippen LogP contribution < -0.4 is 14.8 Å². The molecule has 5 rings (SSSR count). The highest BCUT2D eigenvalue weighted by atomic mass is 16.7. The third kappa shape index (κ3) is 3.74. The van der Waals surface area contributed by atoms with Gasteiger partial charge in [0.25, 0.3) is 17.7 Å². The lowest BCUT2D eigenvalue weighted by atomic mass is 9.91. The van der Waals surface area contributed by atoms with Crippen LogP contribution >= 0.6 is 0 Å². The molecule has 164 valence electrons. The lowest BCUT2D eigenvalue weighted by Gasteiger charge is -2.29. The van der Waals surface area contributed by atoms with E-state index in [2.05, 4.69) is 5.32 Å². The summed E-state index contributed by atoms with van der Waals surface area (Å²) < 4.78 is 10.8. The number of fused-ring (bicyclic) bond motifs is 2. The zero-order valence-electron chi connectivity index (χ0n) is 17.8. The Labute approximate surface area is 190 Å². The quantitative estimate of drug-likeness (QED) is 0.496. The third-order valence-electron chi connectivity index (χ3n) is 5.66. The molecule has 3 aromatic rings. The Balaban J connectivity index is 1.51. The number of hydrogen-bond acceptors (Lipinski definition) is 5. The second kappa shape index (κ2) is 8.27. The van der Waals surface area contributed by atoms with Crippen molar-refractivity contribution in [3.8, 4) is 11.5 Å². The molecule has 0 unspecified atom stereocenters. The Morgan fingerprint density at radius 3 is 2.42 bits per heavy atom. The van der Waals surface area contributed by atoms with Gasteiger partial charge in [-0.3, -0.25) is 19.3 Å². The average molecular weight is 440 g/mol. The van der Waals surface area contributed by atoms with E-state index in [1.165, 1.54) is 4.90 Å². The summed E-state index contributed by atoms with van der Waals surface area (Å²) in [6.45, 7) is 0.259. The summed E-state index contributed by atoms with van der Waals surface area (Å²) in [7, 11) is 1.57. The van der Waals surface area contributed by atoms with Crippen LogP contribution in [0, 0.1) is 0 Å². The summed E-state index contributed by atoms with van der Waals surface area (Å²) in [4.78, 5) is 39.7. The van der Waals surface area contributed by atoms with E-state index in [9.17, 15) is 14.4 Å². The minimum absolute atomic E-state index is 0.107. The number of ether oxygens (including phenoxy) is 2. The summed E-state index contributed by atoms with van der Waals surface area (Å²) in [6, 6.07) is 19.4. The number of imide groups is 1. The molecule has 0 saturated carbocycles. The first-order valence-electron chi connectivity index (χ1n) is 10.4. The maximum atomic E-state index is 13.5. The van der Waals surface area contributed by atoms with E-state index in [-0.39, 0.29) is 31.1 Å². The summed E-state index contributed by atoms with van der Waals surface area (Å²) in [5.74, 6) is 0.318. The molecule has 0 fully saturated rings. The van der Waals surface area contributed by atoms with Gasteiger partial charge in [0.05, 0.1) is 6.54 Å². The highest BCUT2D eigenvalue weighted by Gasteiger charge is 2.34. The summed E-state index contributed by atoms with van der Waals surface area (Å²) >= 11 is 0. The van der Waals surface area contributed by atoms with E-state index in [0.29, 0.717) is 33.8 Å². The molecular weight excluding hydrogens is 420 g/mol. The maximum Gasteiger partial charge on any atom is 0.261 e. The molecule has 0 saturated heterocycles. The van der Waals surface area contributed by atoms with E-state index >= 15 is 0 Å². The Hall–Kier alpha value is -4.39. The first kappa shape index (κ1) is 20.5. The molecule has 2 aliphatic heterocycles. The molecule has 7 nitrogen and oxygen atoms in total.